The van der Waals surface area contributed by atoms with Crippen molar-refractivity contribution in [2.24, 2.45) is 18.9 Å². The molecule has 0 spiro atoms. The number of anilines is 2. The van der Waals surface area contributed by atoms with Crippen molar-refractivity contribution in [2.45, 2.75) is 39.7 Å². The Morgan fingerprint density at radius 1 is 1.13 bits per heavy atom. The molecule has 0 saturated carbocycles. The monoisotopic (exact) mass is 541 g/mol. The molecule has 1 fully saturated rings. The fourth-order valence-corrected chi connectivity index (χ4v) is 5.81. The normalized spacial score (nSPS) is 18.1. The van der Waals surface area contributed by atoms with E-state index in [1.54, 1.807) is 23.9 Å². The zero-order valence-electron chi connectivity index (χ0n) is 22.6. The summed E-state index contributed by atoms with van der Waals surface area (Å²) in [6.45, 7) is 8.61. The van der Waals surface area contributed by atoms with E-state index in [0.29, 0.717) is 35.3 Å². The third kappa shape index (κ3) is 5.59. The molecule has 0 radical (unpaired) electrons. The van der Waals surface area contributed by atoms with Gasteiger partial charge in [0, 0.05) is 43.5 Å². The fraction of sp³-hybridized carbons (Fsp3) is 0.367. The maximum Gasteiger partial charge on any atom is 0.252 e. The molecule has 3 atom stereocenters. The molecule has 3 aromatic heterocycles. The highest BCUT2D eigenvalue weighted by Gasteiger charge is 2.23. The molecule has 1 aliphatic heterocycles. The number of pyridine rings is 2. The fourth-order valence-electron chi connectivity index (χ4n) is 5.59. The molecule has 1 aromatic carbocycles. The van der Waals surface area contributed by atoms with E-state index in [4.69, 9.17) is 11.6 Å². The largest absolute Gasteiger partial charge is 0.375 e. The second kappa shape index (κ2) is 11.0. The molecule has 39 heavy (non-hydrogen) atoms. The summed E-state index contributed by atoms with van der Waals surface area (Å²) in [7, 11) is 1.76. The zero-order valence-corrected chi connectivity index (χ0v) is 23.4. The average Bonchev–Trinajstić information content (AvgIpc) is 2.91. The topological polar surface area (TPSA) is 99.7 Å². The van der Waals surface area contributed by atoms with Gasteiger partial charge in [-0.3, -0.25) is 4.79 Å². The smallest absolute Gasteiger partial charge is 0.252 e. The first-order valence-electron chi connectivity index (χ1n) is 13.2. The van der Waals surface area contributed by atoms with Crippen LogP contribution < -0.4 is 15.8 Å². The number of hydrogen-bond donors (Lipinski definition) is 1. The van der Waals surface area contributed by atoms with E-state index in [9.17, 15) is 10.1 Å². The Morgan fingerprint density at radius 3 is 2.54 bits per heavy atom. The first-order valence-corrected chi connectivity index (χ1v) is 13.6. The average molecular weight is 542 g/mol. The number of nitriles is 1. The summed E-state index contributed by atoms with van der Waals surface area (Å²) >= 11 is 6.14. The Hall–Kier alpha value is -3.96. The molecule has 1 unspecified atom stereocenters. The molecule has 1 aliphatic rings. The zero-order chi connectivity index (χ0) is 27.7. The third-order valence-electron chi connectivity index (χ3n) is 7.46. The van der Waals surface area contributed by atoms with Crippen LogP contribution in [0.25, 0.3) is 10.9 Å². The Bertz CT molecular complexity index is 1600. The molecule has 0 bridgehead atoms. The van der Waals surface area contributed by atoms with Gasteiger partial charge in [0.05, 0.1) is 35.2 Å². The standard InChI is InChI=1S/C30H32ClN7O/c1-18-9-19(2)17-38(16-18)23-14-34-30(35-15-23)20(3)36-26-12-28(39)37(4)27-6-5-21(11-24(26)27)10-22-7-8-33-29(31)25(22)13-32/h5-8,11-12,14-15,18-20,36H,9-10,16-17H2,1-4H3/t18-,19+,20?. The van der Waals surface area contributed by atoms with Crippen LogP contribution >= 0.6 is 11.6 Å². The van der Waals surface area contributed by atoms with Crippen LogP contribution in [0.5, 0.6) is 0 Å². The maximum atomic E-state index is 12.8. The van der Waals surface area contributed by atoms with Crippen LogP contribution in [0.2, 0.25) is 5.15 Å². The van der Waals surface area contributed by atoms with Crippen LogP contribution in [0.1, 0.15) is 55.7 Å². The number of benzene rings is 1. The second-order valence-corrected chi connectivity index (χ2v) is 11.1. The van der Waals surface area contributed by atoms with Gasteiger partial charge in [0.1, 0.15) is 17.0 Å². The Balaban J connectivity index is 1.42. The lowest BCUT2D eigenvalue weighted by Gasteiger charge is -2.36. The van der Waals surface area contributed by atoms with Crippen molar-refractivity contribution < 1.29 is 0 Å². The molecular weight excluding hydrogens is 510 g/mol. The van der Waals surface area contributed by atoms with Gasteiger partial charge in [-0.1, -0.05) is 31.5 Å². The van der Waals surface area contributed by atoms with E-state index in [2.05, 4.69) is 45.1 Å². The molecule has 1 N–H and O–H groups in total. The quantitative estimate of drug-likeness (QED) is 0.322. The van der Waals surface area contributed by atoms with Crippen LogP contribution in [0.3, 0.4) is 0 Å². The summed E-state index contributed by atoms with van der Waals surface area (Å²) in [5.74, 6) is 1.96. The van der Waals surface area contributed by atoms with Crippen LogP contribution in [0.15, 0.2) is 53.7 Å². The van der Waals surface area contributed by atoms with Crippen molar-refractivity contribution in [3.63, 3.8) is 0 Å². The summed E-state index contributed by atoms with van der Waals surface area (Å²) in [6.07, 6.45) is 7.17. The highest BCUT2D eigenvalue weighted by Crippen LogP contribution is 2.29. The van der Waals surface area contributed by atoms with Crippen LogP contribution in [0, 0.1) is 23.2 Å². The molecule has 4 heterocycles. The second-order valence-electron chi connectivity index (χ2n) is 10.7. The number of aromatic nitrogens is 4. The van der Waals surface area contributed by atoms with Gasteiger partial charge in [0.25, 0.3) is 5.56 Å². The van der Waals surface area contributed by atoms with E-state index in [1.165, 1.54) is 6.42 Å². The van der Waals surface area contributed by atoms with Crippen molar-refractivity contribution in [1.82, 2.24) is 19.5 Å². The van der Waals surface area contributed by atoms with Crippen molar-refractivity contribution in [3.8, 4) is 6.07 Å². The number of piperidine rings is 1. The summed E-state index contributed by atoms with van der Waals surface area (Å²) in [4.78, 5) is 28.5. The lowest BCUT2D eigenvalue weighted by molar-refractivity contribution is 0.356. The molecule has 1 saturated heterocycles. The predicted octanol–water partition coefficient (Wildman–Crippen LogP) is 5.49. The molecule has 8 nitrogen and oxygen atoms in total. The van der Waals surface area contributed by atoms with Gasteiger partial charge in [-0.15, -0.1) is 0 Å². The minimum absolute atomic E-state index is 0.109. The van der Waals surface area contributed by atoms with Gasteiger partial charge in [-0.25, -0.2) is 15.0 Å². The van der Waals surface area contributed by atoms with E-state index >= 15 is 0 Å². The summed E-state index contributed by atoms with van der Waals surface area (Å²) in [6, 6.07) is 11.3. The number of halogens is 1. The first kappa shape index (κ1) is 26.6. The highest BCUT2D eigenvalue weighted by molar-refractivity contribution is 6.30. The summed E-state index contributed by atoms with van der Waals surface area (Å²) in [5, 5.41) is 14.1. The van der Waals surface area contributed by atoms with E-state index < -0.39 is 0 Å². The van der Waals surface area contributed by atoms with Gasteiger partial charge < -0.3 is 14.8 Å². The first-order chi connectivity index (χ1) is 18.7. The number of fused-ring (bicyclic) bond motifs is 1. The molecule has 4 aromatic rings. The van der Waals surface area contributed by atoms with Gasteiger partial charge in [-0.2, -0.15) is 5.26 Å². The van der Waals surface area contributed by atoms with Crippen LogP contribution in [0.4, 0.5) is 11.4 Å². The Kier molecular flexibility index (Phi) is 7.53. The number of rotatable bonds is 6. The number of nitrogens with one attached hydrogen (secondary N) is 1. The summed E-state index contributed by atoms with van der Waals surface area (Å²) < 4.78 is 1.63. The lowest BCUT2D eigenvalue weighted by atomic mass is 9.92. The summed E-state index contributed by atoms with van der Waals surface area (Å²) in [5.41, 5.74) is 4.61. The molecule has 0 amide bonds. The maximum absolute atomic E-state index is 12.8. The third-order valence-corrected chi connectivity index (χ3v) is 7.75. The van der Waals surface area contributed by atoms with Crippen LogP contribution in [-0.4, -0.2) is 32.6 Å². The Labute approximate surface area is 233 Å². The van der Waals surface area contributed by atoms with Crippen molar-refractivity contribution in [1.29, 1.82) is 5.26 Å². The van der Waals surface area contributed by atoms with Gasteiger partial charge >= 0.3 is 0 Å². The minimum Gasteiger partial charge on any atom is -0.375 e. The minimum atomic E-state index is -0.221. The van der Waals surface area contributed by atoms with Crippen molar-refractivity contribution >= 4 is 33.9 Å². The predicted molar refractivity (Wildman–Crippen MR) is 155 cm³/mol. The number of nitrogens with zero attached hydrogens (tertiary/aromatic N) is 6. The van der Waals surface area contributed by atoms with Crippen molar-refractivity contribution in [3.05, 3.63) is 86.9 Å². The van der Waals surface area contributed by atoms with Gasteiger partial charge in [-0.05, 0) is 60.9 Å². The van der Waals surface area contributed by atoms with Crippen LogP contribution in [-0.2, 0) is 13.5 Å². The lowest BCUT2D eigenvalue weighted by Crippen LogP contribution is -2.38. The van der Waals surface area contributed by atoms with E-state index in [1.807, 2.05) is 43.6 Å². The van der Waals surface area contributed by atoms with Crippen molar-refractivity contribution in [2.75, 3.05) is 23.3 Å². The van der Waals surface area contributed by atoms with Gasteiger partial charge in [0.15, 0.2) is 0 Å². The molecule has 0 aliphatic carbocycles. The molecule has 200 valence electrons. The van der Waals surface area contributed by atoms with E-state index in [0.717, 1.165) is 40.8 Å². The Morgan fingerprint density at radius 2 is 1.85 bits per heavy atom. The molecule has 5 rings (SSSR count). The number of hydrogen-bond acceptors (Lipinski definition) is 7. The van der Waals surface area contributed by atoms with Gasteiger partial charge in [0.2, 0.25) is 0 Å². The molecule has 9 heteroatoms. The molecular formula is C30H32ClN7O. The van der Waals surface area contributed by atoms with E-state index in [-0.39, 0.29) is 16.8 Å². The highest BCUT2D eigenvalue weighted by atomic mass is 35.5. The SMILES string of the molecule is CC(Nc1cc(=O)n(C)c2ccc(Cc3ccnc(Cl)c3C#N)cc12)c1ncc(N2C[C@H](C)C[C@H](C)C2)cn1. The number of aryl methyl sites for hydroxylation is 1.